The summed E-state index contributed by atoms with van der Waals surface area (Å²) in [5.74, 6) is 0. The van der Waals surface area contributed by atoms with E-state index < -0.39 is 0 Å². The Hall–Kier alpha value is -6.12. The molecule has 1 aromatic heterocycles. The SMILES string of the molecule is c1ccc(-c2ccc(N(c3ccc4ccccc4c3)c3ccc4oc5ccc6ccccc6c5c4c3-c3ccccc3)cc2)cc1. The minimum absolute atomic E-state index is 0.881. The van der Waals surface area contributed by atoms with Crippen molar-refractivity contribution in [1.29, 1.82) is 0 Å². The van der Waals surface area contributed by atoms with Gasteiger partial charge in [-0.25, -0.2) is 0 Å². The summed E-state index contributed by atoms with van der Waals surface area (Å²) in [6.07, 6.45) is 0. The smallest absolute Gasteiger partial charge is 0.136 e. The van der Waals surface area contributed by atoms with Gasteiger partial charge in [0.05, 0.1) is 5.69 Å². The zero-order valence-corrected chi connectivity index (χ0v) is 25.1. The molecule has 9 aromatic rings. The molecule has 0 amide bonds. The molecule has 0 saturated heterocycles. The van der Waals surface area contributed by atoms with Crippen LogP contribution in [0.5, 0.6) is 0 Å². The maximum absolute atomic E-state index is 6.57. The second-order valence-corrected chi connectivity index (χ2v) is 11.7. The number of nitrogens with zero attached hydrogens (tertiary/aromatic N) is 1. The predicted molar refractivity (Wildman–Crippen MR) is 194 cm³/mol. The van der Waals surface area contributed by atoms with E-state index in [-0.39, 0.29) is 0 Å². The Bertz CT molecular complexity index is 2510. The number of furan rings is 1. The van der Waals surface area contributed by atoms with Crippen LogP contribution in [0.25, 0.3) is 65.7 Å². The van der Waals surface area contributed by atoms with Gasteiger partial charge in [-0.15, -0.1) is 0 Å². The van der Waals surface area contributed by atoms with Gasteiger partial charge in [0, 0.05) is 27.7 Å². The third-order valence-corrected chi connectivity index (χ3v) is 9.03. The van der Waals surface area contributed by atoms with Crippen molar-refractivity contribution in [2.75, 3.05) is 4.90 Å². The van der Waals surface area contributed by atoms with Crippen LogP contribution in [-0.4, -0.2) is 0 Å². The first kappa shape index (κ1) is 26.3. The van der Waals surface area contributed by atoms with Gasteiger partial charge in [0.2, 0.25) is 0 Å². The lowest BCUT2D eigenvalue weighted by Crippen LogP contribution is -2.11. The van der Waals surface area contributed by atoms with Crippen molar-refractivity contribution in [3.63, 3.8) is 0 Å². The van der Waals surface area contributed by atoms with Crippen molar-refractivity contribution >= 4 is 60.5 Å². The molecule has 216 valence electrons. The average Bonchev–Trinajstić information content (AvgIpc) is 3.52. The maximum atomic E-state index is 6.57. The predicted octanol–water partition coefficient (Wildman–Crippen LogP) is 12.7. The molecule has 0 spiro atoms. The fourth-order valence-corrected chi connectivity index (χ4v) is 6.88. The van der Waals surface area contributed by atoms with E-state index in [4.69, 9.17) is 4.42 Å². The number of anilines is 3. The maximum Gasteiger partial charge on any atom is 0.136 e. The molecule has 2 nitrogen and oxygen atoms in total. The number of fused-ring (bicyclic) bond motifs is 6. The van der Waals surface area contributed by atoms with Gasteiger partial charge in [-0.2, -0.15) is 0 Å². The lowest BCUT2D eigenvalue weighted by Gasteiger charge is -2.29. The molecule has 0 aliphatic rings. The molecule has 0 aliphatic heterocycles. The highest BCUT2D eigenvalue weighted by atomic mass is 16.3. The van der Waals surface area contributed by atoms with E-state index in [9.17, 15) is 0 Å². The monoisotopic (exact) mass is 587 g/mol. The van der Waals surface area contributed by atoms with E-state index in [1.165, 1.54) is 32.7 Å². The summed E-state index contributed by atoms with van der Waals surface area (Å²) in [7, 11) is 0. The molecule has 0 aliphatic carbocycles. The van der Waals surface area contributed by atoms with E-state index in [0.29, 0.717) is 0 Å². The van der Waals surface area contributed by atoms with E-state index in [2.05, 4.69) is 181 Å². The fourth-order valence-electron chi connectivity index (χ4n) is 6.88. The summed E-state index contributed by atoms with van der Waals surface area (Å²) in [6.45, 7) is 0. The van der Waals surface area contributed by atoms with Gasteiger partial charge in [0.1, 0.15) is 11.2 Å². The van der Waals surface area contributed by atoms with Crippen molar-refractivity contribution < 1.29 is 4.42 Å². The Morgan fingerprint density at radius 3 is 1.72 bits per heavy atom. The topological polar surface area (TPSA) is 16.4 Å². The lowest BCUT2D eigenvalue weighted by molar-refractivity contribution is 0.669. The minimum atomic E-state index is 0.881. The van der Waals surface area contributed by atoms with Crippen LogP contribution in [0.4, 0.5) is 17.1 Å². The van der Waals surface area contributed by atoms with Crippen molar-refractivity contribution in [3.05, 3.63) is 176 Å². The Morgan fingerprint density at radius 2 is 0.935 bits per heavy atom. The first-order valence-corrected chi connectivity index (χ1v) is 15.7. The van der Waals surface area contributed by atoms with Crippen molar-refractivity contribution in [2.45, 2.75) is 0 Å². The van der Waals surface area contributed by atoms with Gasteiger partial charge in [-0.1, -0.05) is 133 Å². The Labute approximate surface area is 267 Å². The average molecular weight is 588 g/mol. The number of hydrogen-bond acceptors (Lipinski definition) is 2. The van der Waals surface area contributed by atoms with Crippen LogP contribution in [0.1, 0.15) is 0 Å². The van der Waals surface area contributed by atoms with Crippen LogP contribution in [-0.2, 0) is 0 Å². The van der Waals surface area contributed by atoms with Crippen molar-refractivity contribution in [2.24, 2.45) is 0 Å². The largest absolute Gasteiger partial charge is 0.456 e. The normalized spacial score (nSPS) is 11.5. The fraction of sp³-hybridized carbons (Fsp3) is 0. The number of hydrogen-bond donors (Lipinski definition) is 0. The zero-order chi connectivity index (χ0) is 30.5. The Kier molecular flexibility index (Phi) is 6.17. The van der Waals surface area contributed by atoms with Gasteiger partial charge in [-0.05, 0) is 80.7 Å². The summed E-state index contributed by atoms with van der Waals surface area (Å²) < 4.78 is 6.57. The standard InChI is InChI=1S/C44H29NO/c1-3-11-30(12-4-1)32-19-23-36(24-20-32)45(37-25-21-31-13-7-8-17-35(31)29-37)39-26-28-41-44(42(39)34-15-5-2-6-16-34)43-38-18-10-9-14-33(38)22-27-40(43)46-41/h1-29H. The molecule has 0 radical (unpaired) electrons. The van der Waals surface area contributed by atoms with Gasteiger partial charge in [-0.3, -0.25) is 0 Å². The first-order chi connectivity index (χ1) is 22.8. The van der Waals surface area contributed by atoms with Crippen LogP contribution < -0.4 is 4.90 Å². The number of rotatable bonds is 5. The highest BCUT2D eigenvalue weighted by Crippen LogP contribution is 2.48. The second-order valence-electron chi connectivity index (χ2n) is 11.7. The lowest BCUT2D eigenvalue weighted by atomic mass is 9.94. The van der Waals surface area contributed by atoms with Gasteiger partial charge < -0.3 is 9.32 Å². The molecule has 1 heterocycles. The molecule has 0 atom stereocenters. The summed E-state index contributed by atoms with van der Waals surface area (Å²) in [4.78, 5) is 2.40. The molecule has 0 fully saturated rings. The molecule has 46 heavy (non-hydrogen) atoms. The first-order valence-electron chi connectivity index (χ1n) is 15.7. The van der Waals surface area contributed by atoms with E-state index in [1.54, 1.807) is 0 Å². The highest BCUT2D eigenvalue weighted by Gasteiger charge is 2.23. The van der Waals surface area contributed by atoms with Crippen LogP contribution in [0.3, 0.4) is 0 Å². The van der Waals surface area contributed by atoms with Crippen LogP contribution in [0, 0.1) is 0 Å². The molecule has 0 N–H and O–H groups in total. The van der Waals surface area contributed by atoms with Crippen molar-refractivity contribution in [1.82, 2.24) is 0 Å². The van der Waals surface area contributed by atoms with Gasteiger partial charge in [0.15, 0.2) is 0 Å². The van der Waals surface area contributed by atoms with Gasteiger partial charge >= 0.3 is 0 Å². The third-order valence-electron chi connectivity index (χ3n) is 9.03. The second kappa shape index (κ2) is 10.8. The molecule has 0 unspecified atom stereocenters. The summed E-state index contributed by atoms with van der Waals surface area (Å²) in [5, 5.41) is 7.08. The molecular weight excluding hydrogens is 558 g/mol. The Balaban J connectivity index is 1.37. The van der Waals surface area contributed by atoms with Crippen molar-refractivity contribution in [3.8, 4) is 22.3 Å². The van der Waals surface area contributed by atoms with Crippen LogP contribution >= 0.6 is 0 Å². The van der Waals surface area contributed by atoms with E-state index in [1.807, 2.05) is 0 Å². The Morgan fingerprint density at radius 1 is 0.370 bits per heavy atom. The zero-order valence-electron chi connectivity index (χ0n) is 25.1. The third kappa shape index (κ3) is 4.35. The minimum Gasteiger partial charge on any atom is -0.456 e. The quantitative estimate of drug-likeness (QED) is 0.199. The molecule has 0 saturated carbocycles. The summed E-state index contributed by atoms with van der Waals surface area (Å²) in [5.41, 5.74) is 9.74. The molecule has 0 bridgehead atoms. The van der Waals surface area contributed by atoms with Crippen LogP contribution in [0.2, 0.25) is 0 Å². The van der Waals surface area contributed by atoms with E-state index >= 15 is 0 Å². The van der Waals surface area contributed by atoms with E-state index in [0.717, 1.165) is 50.1 Å². The molecular formula is C44H29NO. The molecule has 8 aromatic carbocycles. The van der Waals surface area contributed by atoms with Gasteiger partial charge in [0.25, 0.3) is 0 Å². The number of benzene rings is 8. The summed E-state index contributed by atoms with van der Waals surface area (Å²) in [6, 6.07) is 62.7. The molecule has 9 rings (SSSR count). The van der Waals surface area contributed by atoms with Crippen LogP contribution in [0.15, 0.2) is 180 Å². The molecule has 2 heteroatoms. The summed E-state index contributed by atoms with van der Waals surface area (Å²) >= 11 is 0. The highest BCUT2D eigenvalue weighted by molar-refractivity contribution is 6.24.